The monoisotopic (exact) mass is 393 g/mol. The van der Waals surface area contributed by atoms with Crippen LogP contribution in [-0.4, -0.2) is 30.0 Å². The van der Waals surface area contributed by atoms with Gasteiger partial charge in [0.15, 0.2) is 0 Å². The highest BCUT2D eigenvalue weighted by atomic mass is 32.1. The van der Waals surface area contributed by atoms with E-state index in [4.69, 9.17) is 4.74 Å². The topological polar surface area (TPSA) is 74.4 Å². The molecule has 4 heterocycles. The number of H-pyrrole nitrogens is 1. The first-order chi connectivity index (χ1) is 13.7. The Bertz CT molecular complexity index is 1020. The van der Waals surface area contributed by atoms with Crippen LogP contribution in [0.25, 0.3) is 0 Å². The van der Waals surface area contributed by atoms with Gasteiger partial charge in [0.2, 0.25) is 5.91 Å². The Kier molecular flexibility index (Phi) is 4.07. The molecule has 6 nitrogen and oxygen atoms in total. The molecule has 2 amide bonds. The summed E-state index contributed by atoms with van der Waals surface area (Å²) in [5.74, 6) is -0.0837. The SMILES string of the molecule is O=C(Nc1ccc2c(c1)C1(CCOCC1)C(=O)N2c1ccsc1)c1cc[nH]c1. The first-order valence-electron chi connectivity index (χ1n) is 9.22. The Morgan fingerprint density at radius 3 is 2.79 bits per heavy atom. The minimum absolute atomic E-state index is 0.0957. The molecular formula is C21H19N3O3S. The van der Waals surface area contributed by atoms with Gasteiger partial charge in [-0.2, -0.15) is 11.3 Å². The zero-order valence-electron chi connectivity index (χ0n) is 15.1. The summed E-state index contributed by atoms with van der Waals surface area (Å²) in [6, 6.07) is 9.43. The zero-order chi connectivity index (χ0) is 19.1. The molecule has 0 bridgehead atoms. The number of amides is 2. The highest BCUT2D eigenvalue weighted by Gasteiger charge is 2.52. The minimum atomic E-state index is -0.593. The fraction of sp³-hybridized carbons (Fsp3) is 0.238. The Morgan fingerprint density at radius 1 is 1.21 bits per heavy atom. The van der Waals surface area contributed by atoms with Gasteiger partial charge in [0.05, 0.1) is 22.4 Å². The number of nitrogens with zero attached hydrogens (tertiary/aromatic N) is 1. The number of carbonyl (C=O) groups excluding carboxylic acids is 2. The number of thiophene rings is 1. The van der Waals surface area contributed by atoms with E-state index in [0.29, 0.717) is 37.3 Å². The van der Waals surface area contributed by atoms with E-state index < -0.39 is 5.41 Å². The Hall–Kier alpha value is -2.90. The molecule has 1 fully saturated rings. The Labute approximate surface area is 166 Å². The van der Waals surface area contributed by atoms with E-state index in [1.54, 1.807) is 29.8 Å². The normalized spacial score (nSPS) is 17.7. The van der Waals surface area contributed by atoms with Gasteiger partial charge in [-0.1, -0.05) is 0 Å². The molecule has 0 unspecified atom stereocenters. The molecule has 0 atom stereocenters. The van der Waals surface area contributed by atoms with Crippen molar-refractivity contribution in [2.75, 3.05) is 23.4 Å². The van der Waals surface area contributed by atoms with Crippen LogP contribution in [0.4, 0.5) is 17.1 Å². The number of rotatable bonds is 3. The minimum Gasteiger partial charge on any atom is -0.381 e. The van der Waals surface area contributed by atoms with Gasteiger partial charge in [0.1, 0.15) is 0 Å². The molecule has 2 aliphatic heterocycles. The van der Waals surface area contributed by atoms with Gasteiger partial charge in [-0.25, -0.2) is 0 Å². The van der Waals surface area contributed by atoms with Crippen LogP contribution in [0, 0.1) is 0 Å². The lowest BCUT2D eigenvalue weighted by Crippen LogP contribution is -2.42. The fourth-order valence-corrected chi connectivity index (χ4v) is 4.76. The van der Waals surface area contributed by atoms with Crippen molar-refractivity contribution in [3.8, 4) is 0 Å². The van der Waals surface area contributed by atoms with Crippen LogP contribution in [0.15, 0.2) is 53.5 Å². The maximum atomic E-state index is 13.5. The fourth-order valence-electron chi connectivity index (χ4n) is 4.14. The summed E-state index contributed by atoms with van der Waals surface area (Å²) in [6.07, 6.45) is 4.67. The van der Waals surface area contributed by atoms with Gasteiger partial charge < -0.3 is 15.0 Å². The lowest BCUT2D eigenvalue weighted by molar-refractivity contribution is -0.125. The Balaban J connectivity index is 1.57. The smallest absolute Gasteiger partial charge is 0.257 e. The van der Waals surface area contributed by atoms with Crippen LogP contribution in [0.5, 0.6) is 0 Å². The molecule has 28 heavy (non-hydrogen) atoms. The van der Waals surface area contributed by atoms with Crippen LogP contribution in [0.2, 0.25) is 0 Å². The van der Waals surface area contributed by atoms with E-state index in [1.807, 2.05) is 39.9 Å². The molecule has 1 spiro atoms. The number of aromatic amines is 1. The standard InChI is InChI=1S/C21H19N3O3S/c25-19(14-3-7-22-12-14)23-15-1-2-18-17(11-15)21(5-8-27-9-6-21)20(26)24(18)16-4-10-28-13-16/h1-4,7,10-13,22H,5-6,8-9H2,(H,23,25). The summed E-state index contributed by atoms with van der Waals surface area (Å²) in [7, 11) is 0. The second-order valence-corrected chi connectivity index (χ2v) is 7.88. The van der Waals surface area contributed by atoms with Gasteiger partial charge in [-0.15, -0.1) is 0 Å². The van der Waals surface area contributed by atoms with E-state index in [1.165, 1.54) is 0 Å². The summed E-state index contributed by atoms with van der Waals surface area (Å²) >= 11 is 1.57. The first-order valence-corrected chi connectivity index (χ1v) is 10.2. The summed E-state index contributed by atoms with van der Waals surface area (Å²) in [4.78, 5) is 30.7. The molecule has 2 aliphatic rings. The summed E-state index contributed by atoms with van der Waals surface area (Å²) in [5, 5.41) is 6.91. The molecule has 0 saturated carbocycles. The predicted molar refractivity (Wildman–Crippen MR) is 108 cm³/mol. The summed E-state index contributed by atoms with van der Waals surface area (Å²) in [6.45, 7) is 1.12. The van der Waals surface area contributed by atoms with Gasteiger partial charge in [-0.05, 0) is 54.1 Å². The highest BCUT2D eigenvalue weighted by Crippen LogP contribution is 2.51. The average molecular weight is 393 g/mol. The van der Waals surface area contributed by atoms with Crippen LogP contribution in [0.1, 0.15) is 28.8 Å². The van der Waals surface area contributed by atoms with Crippen LogP contribution >= 0.6 is 11.3 Å². The molecule has 142 valence electrons. The van der Waals surface area contributed by atoms with Gasteiger partial charge >= 0.3 is 0 Å². The second kappa shape index (κ2) is 6.61. The number of nitrogens with one attached hydrogen (secondary N) is 2. The third-order valence-corrected chi connectivity index (χ3v) is 6.27. The number of benzene rings is 1. The molecule has 0 radical (unpaired) electrons. The second-order valence-electron chi connectivity index (χ2n) is 7.10. The lowest BCUT2D eigenvalue weighted by atomic mass is 9.75. The summed E-state index contributed by atoms with van der Waals surface area (Å²) in [5.41, 5.74) is 3.42. The number of ether oxygens (including phenoxy) is 1. The van der Waals surface area contributed by atoms with Crippen molar-refractivity contribution in [2.24, 2.45) is 0 Å². The molecule has 2 N–H and O–H groups in total. The van der Waals surface area contributed by atoms with E-state index in [0.717, 1.165) is 16.9 Å². The van der Waals surface area contributed by atoms with Gasteiger partial charge in [0, 0.05) is 36.7 Å². The van der Waals surface area contributed by atoms with E-state index >= 15 is 0 Å². The molecular weight excluding hydrogens is 374 g/mol. The molecule has 5 rings (SSSR count). The maximum absolute atomic E-state index is 13.5. The van der Waals surface area contributed by atoms with E-state index in [2.05, 4.69) is 10.3 Å². The number of hydrogen-bond donors (Lipinski definition) is 2. The number of anilines is 3. The van der Waals surface area contributed by atoms with Crippen LogP contribution < -0.4 is 10.2 Å². The van der Waals surface area contributed by atoms with E-state index in [9.17, 15) is 9.59 Å². The third kappa shape index (κ3) is 2.58. The predicted octanol–water partition coefficient (Wildman–Crippen LogP) is 4.06. The molecule has 0 aliphatic carbocycles. The molecule has 7 heteroatoms. The molecule has 1 saturated heterocycles. The van der Waals surface area contributed by atoms with E-state index in [-0.39, 0.29) is 11.8 Å². The van der Waals surface area contributed by atoms with Crippen LogP contribution in [-0.2, 0) is 14.9 Å². The zero-order valence-corrected chi connectivity index (χ0v) is 15.9. The van der Waals surface area contributed by atoms with Crippen molar-refractivity contribution in [2.45, 2.75) is 18.3 Å². The third-order valence-electron chi connectivity index (χ3n) is 5.59. The first kappa shape index (κ1) is 17.2. The number of aromatic nitrogens is 1. The lowest BCUT2D eigenvalue weighted by Gasteiger charge is -2.32. The van der Waals surface area contributed by atoms with Crippen molar-refractivity contribution in [1.82, 2.24) is 4.98 Å². The highest BCUT2D eigenvalue weighted by molar-refractivity contribution is 7.08. The largest absolute Gasteiger partial charge is 0.381 e. The van der Waals surface area contributed by atoms with Crippen molar-refractivity contribution >= 4 is 40.2 Å². The van der Waals surface area contributed by atoms with Crippen molar-refractivity contribution < 1.29 is 14.3 Å². The van der Waals surface area contributed by atoms with Crippen molar-refractivity contribution in [3.05, 3.63) is 64.6 Å². The molecule has 2 aromatic heterocycles. The van der Waals surface area contributed by atoms with Gasteiger partial charge in [-0.3, -0.25) is 14.5 Å². The average Bonchev–Trinajstić information content (AvgIpc) is 3.46. The summed E-state index contributed by atoms with van der Waals surface area (Å²) < 4.78 is 5.55. The van der Waals surface area contributed by atoms with Crippen molar-refractivity contribution in [1.29, 1.82) is 0 Å². The quantitative estimate of drug-likeness (QED) is 0.705. The molecule has 1 aromatic carbocycles. The number of fused-ring (bicyclic) bond motifs is 2. The number of hydrogen-bond acceptors (Lipinski definition) is 4. The maximum Gasteiger partial charge on any atom is 0.257 e. The molecule has 3 aromatic rings. The number of carbonyl (C=O) groups is 2. The van der Waals surface area contributed by atoms with Gasteiger partial charge in [0.25, 0.3) is 5.91 Å². The van der Waals surface area contributed by atoms with Crippen LogP contribution in [0.3, 0.4) is 0 Å². The Morgan fingerprint density at radius 2 is 2.07 bits per heavy atom. The van der Waals surface area contributed by atoms with Crippen molar-refractivity contribution in [3.63, 3.8) is 0 Å².